The van der Waals surface area contributed by atoms with Gasteiger partial charge in [-0.1, -0.05) is 25.3 Å². The number of fused-ring (bicyclic) bond motifs is 1. The van der Waals surface area contributed by atoms with Crippen LogP contribution in [0.3, 0.4) is 0 Å². The van der Waals surface area contributed by atoms with Crippen LogP contribution in [0, 0.1) is 19.8 Å². The van der Waals surface area contributed by atoms with E-state index in [0.717, 1.165) is 38.6 Å². The quantitative estimate of drug-likeness (QED) is 0.406. The van der Waals surface area contributed by atoms with Crippen LogP contribution in [-0.2, 0) is 14.8 Å². The number of hydrogen-bond acceptors (Lipinski definition) is 8. The largest absolute Gasteiger partial charge is 0.490 e. The minimum Gasteiger partial charge on any atom is -0.490 e. The van der Waals surface area contributed by atoms with E-state index in [1.54, 1.807) is 18.2 Å². The first-order chi connectivity index (χ1) is 18.6. The van der Waals surface area contributed by atoms with Crippen LogP contribution in [0.5, 0.6) is 5.75 Å². The highest BCUT2D eigenvalue weighted by atomic mass is 32.2. The molecule has 0 unspecified atom stereocenters. The number of benzene rings is 1. The van der Waals surface area contributed by atoms with Crippen LogP contribution in [0.4, 0.5) is 0 Å². The van der Waals surface area contributed by atoms with Crippen LogP contribution in [0.2, 0.25) is 0 Å². The van der Waals surface area contributed by atoms with Gasteiger partial charge in [0, 0.05) is 17.7 Å². The summed E-state index contributed by atoms with van der Waals surface area (Å²) in [7, 11) is -4.05. The van der Waals surface area contributed by atoms with Gasteiger partial charge in [-0.3, -0.25) is 4.79 Å². The lowest BCUT2D eigenvalue weighted by molar-refractivity contribution is 0.0243. The Labute approximate surface area is 232 Å². The average molecular weight is 571 g/mol. The van der Waals surface area contributed by atoms with Crippen LogP contribution < -0.4 is 19.2 Å². The van der Waals surface area contributed by atoms with Crippen molar-refractivity contribution in [2.24, 2.45) is 5.92 Å². The van der Waals surface area contributed by atoms with E-state index in [0.29, 0.717) is 35.6 Å². The number of aliphatic hydroxyl groups is 1. The van der Waals surface area contributed by atoms with Gasteiger partial charge in [0.05, 0.1) is 45.5 Å². The van der Waals surface area contributed by atoms with Gasteiger partial charge >= 0.3 is 0 Å². The van der Waals surface area contributed by atoms with Gasteiger partial charge in [0.25, 0.3) is 5.91 Å². The number of ether oxygens (including phenoxy) is 2. The summed E-state index contributed by atoms with van der Waals surface area (Å²) < 4.78 is 39.8. The van der Waals surface area contributed by atoms with Crippen molar-refractivity contribution in [3.8, 4) is 16.3 Å². The molecule has 1 saturated heterocycles. The Balaban J connectivity index is 1.93. The molecule has 1 atom stereocenters. The lowest BCUT2D eigenvalue weighted by Crippen LogP contribution is -2.34. The maximum atomic E-state index is 13.5. The Morgan fingerprint density at radius 3 is 2.72 bits per heavy atom. The summed E-state index contributed by atoms with van der Waals surface area (Å²) in [6.07, 6.45) is 5.15. The molecule has 39 heavy (non-hydrogen) atoms. The normalized spacial score (nSPS) is 15.8. The first-order valence-corrected chi connectivity index (χ1v) is 15.3. The lowest BCUT2D eigenvalue weighted by atomic mass is 9.94. The van der Waals surface area contributed by atoms with Crippen LogP contribution >= 0.6 is 11.3 Å². The number of amides is 1. The predicted molar refractivity (Wildman–Crippen MR) is 156 cm³/mol. The molecule has 2 N–H and O–H groups in total. The highest BCUT2D eigenvalue weighted by Crippen LogP contribution is 2.36. The van der Waals surface area contributed by atoms with E-state index >= 15 is 0 Å². The topological polar surface area (TPSA) is 115 Å². The third-order valence-corrected chi connectivity index (χ3v) is 9.56. The summed E-state index contributed by atoms with van der Waals surface area (Å²) >= 11 is 1.48. The molecular weight excluding hydrogens is 536 g/mol. The number of carbonyl (C=O) groups is 1. The second kappa shape index (κ2) is 12.0. The fourth-order valence-corrected chi connectivity index (χ4v) is 6.62. The average Bonchev–Trinajstić information content (AvgIpc) is 3.18. The van der Waals surface area contributed by atoms with Gasteiger partial charge in [-0.25, -0.2) is 18.1 Å². The van der Waals surface area contributed by atoms with Gasteiger partial charge in [0.1, 0.15) is 5.75 Å². The van der Waals surface area contributed by atoms with E-state index < -0.39 is 28.3 Å². The number of allylic oxidation sites excluding steroid dienone is 1. The standard InChI is InChI=1S/C29H34N2O6S2/c1-6-7-25-18(3)19(4)28(38-25)23-16-22(29(33)31-39(34,35)15-12-32)26-24(9-8-17(2)27(26)30-23)37-20(5)21-10-13-36-14-11-21/h6-9,16,20-21,32H,1,3,10-15H2,2,4-5H3,(H,31,33)/b25-7+/t20-/m1/s1. The molecule has 0 radical (unpaired) electrons. The summed E-state index contributed by atoms with van der Waals surface area (Å²) in [5, 5.41) is 10.5. The molecule has 0 spiro atoms. The van der Waals surface area contributed by atoms with Gasteiger partial charge in [0.15, 0.2) is 0 Å². The summed E-state index contributed by atoms with van der Waals surface area (Å²) in [4.78, 5) is 19.3. The summed E-state index contributed by atoms with van der Waals surface area (Å²) in [5.41, 5.74) is 2.93. The molecule has 10 heteroatoms. The minimum atomic E-state index is -4.05. The molecule has 2 aromatic heterocycles. The first-order valence-electron chi connectivity index (χ1n) is 12.8. The Hall–Kier alpha value is -3.05. The molecule has 208 valence electrons. The molecule has 0 aliphatic carbocycles. The summed E-state index contributed by atoms with van der Waals surface area (Å²) in [5.74, 6) is -0.658. The maximum absolute atomic E-state index is 13.5. The minimum absolute atomic E-state index is 0.127. The number of aliphatic hydroxyl groups excluding tert-OH is 1. The lowest BCUT2D eigenvalue weighted by Gasteiger charge is -2.29. The molecule has 8 nitrogen and oxygen atoms in total. The van der Waals surface area contributed by atoms with E-state index in [2.05, 4.69) is 17.9 Å². The smallest absolute Gasteiger partial charge is 0.265 e. The molecule has 3 heterocycles. The van der Waals surface area contributed by atoms with Crippen molar-refractivity contribution in [3.05, 3.63) is 57.3 Å². The Bertz CT molecular complexity index is 1620. The van der Waals surface area contributed by atoms with E-state index in [4.69, 9.17) is 14.5 Å². The molecule has 1 aliphatic rings. The number of nitrogens with zero attached hydrogens (tertiary/aromatic N) is 1. The van der Waals surface area contributed by atoms with Gasteiger partial charge in [-0.15, -0.1) is 11.3 Å². The fraction of sp³-hybridized carbons (Fsp3) is 0.379. The van der Waals surface area contributed by atoms with Crippen LogP contribution in [0.25, 0.3) is 34.1 Å². The van der Waals surface area contributed by atoms with Gasteiger partial charge in [-0.2, -0.15) is 0 Å². The summed E-state index contributed by atoms with van der Waals surface area (Å²) in [6, 6.07) is 5.29. The number of aromatic nitrogens is 1. The van der Waals surface area contributed by atoms with Crippen LogP contribution in [-0.4, -0.2) is 56.1 Å². The molecule has 1 aromatic carbocycles. The van der Waals surface area contributed by atoms with Crippen molar-refractivity contribution in [2.75, 3.05) is 25.6 Å². The van der Waals surface area contributed by atoms with Gasteiger partial charge in [-0.05, 0) is 74.1 Å². The van der Waals surface area contributed by atoms with Crippen molar-refractivity contribution in [2.45, 2.75) is 39.7 Å². The van der Waals surface area contributed by atoms with Gasteiger partial charge < -0.3 is 14.6 Å². The zero-order valence-electron chi connectivity index (χ0n) is 22.5. The molecule has 3 aromatic rings. The Kier molecular flexibility index (Phi) is 8.90. The van der Waals surface area contributed by atoms with Crippen LogP contribution in [0.15, 0.2) is 30.9 Å². The summed E-state index contributed by atoms with van der Waals surface area (Å²) in [6.45, 7) is 14.5. The number of nitrogens with one attached hydrogen (secondary N) is 1. The van der Waals surface area contributed by atoms with Gasteiger partial charge in [0.2, 0.25) is 10.0 Å². The second-order valence-electron chi connectivity index (χ2n) is 9.71. The maximum Gasteiger partial charge on any atom is 0.265 e. The number of sulfonamides is 1. The van der Waals surface area contributed by atoms with E-state index in [9.17, 15) is 18.3 Å². The fourth-order valence-electron chi connectivity index (χ4n) is 4.74. The molecule has 1 fully saturated rings. The number of pyridine rings is 1. The van der Waals surface area contributed by atoms with Crippen molar-refractivity contribution >= 4 is 50.8 Å². The SMILES string of the molecule is C=C/C=c1/sc(-c2cc(C(=O)NS(=O)(=O)CCO)c3c(O[C@H](C)C4CCOCC4)ccc(C)c3n2)c(C)c1=C. The molecule has 0 bridgehead atoms. The highest BCUT2D eigenvalue weighted by Gasteiger charge is 2.26. The predicted octanol–water partition coefficient (Wildman–Crippen LogP) is 3.20. The Morgan fingerprint density at radius 2 is 2.05 bits per heavy atom. The second-order valence-corrected chi connectivity index (χ2v) is 12.6. The molecule has 4 rings (SSSR count). The molecular formula is C29H34N2O6S2. The highest BCUT2D eigenvalue weighted by molar-refractivity contribution is 7.90. The van der Waals surface area contributed by atoms with E-state index in [-0.39, 0.29) is 17.6 Å². The first kappa shape index (κ1) is 28.9. The van der Waals surface area contributed by atoms with E-state index in [1.165, 1.54) is 11.3 Å². The third-order valence-electron chi connectivity index (χ3n) is 7.02. The zero-order chi connectivity index (χ0) is 28.3. The molecule has 1 amide bonds. The molecule has 1 aliphatic heterocycles. The third kappa shape index (κ3) is 6.24. The van der Waals surface area contributed by atoms with Crippen molar-refractivity contribution in [1.82, 2.24) is 9.71 Å². The molecule has 0 saturated carbocycles. The van der Waals surface area contributed by atoms with Crippen LogP contribution in [0.1, 0.15) is 41.3 Å². The number of rotatable bonds is 9. The monoisotopic (exact) mass is 570 g/mol. The van der Waals surface area contributed by atoms with Crippen molar-refractivity contribution in [3.63, 3.8) is 0 Å². The number of hydrogen-bond donors (Lipinski definition) is 2. The van der Waals surface area contributed by atoms with E-state index in [1.807, 2.05) is 32.9 Å². The van der Waals surface area contributed by atoms with Crippen molar-refractivity contribution in [1.29, 1.82) is 0 Å². The number of thiophene rings is 1. The number of carbonyl (C=O) groups excluding carboxylic acids is 1. The Morgan fingerprint density at radius 1 is 1.33 bits per heavy atom. The number of aryl methyl sites for hydroxylation is 1. The zero-order valence-corrected chi connectivity index (χ0v) is 24.1. The van der Waals surface area contributed by atoms with Crippen molar-refractivity contribution < 1.29 is 27.8 Å².